The van der Waals surface area contributed by atoms with E-state index in [0.717, 1.165) is 46.3 Å². The first-order valence-corrected chi connectivity index (χ1v) is 8.29. The highest BCUT2D eigenvalue weighted by Crippen LogP contribution is 2.29. The van der Waals surface area contributed by atoms with Crippen LogP contribution < -0.4 is 5.32 Å². The van der Waals surface area contributed by atoms with E-state index in [2.05, 4.69) is 16.4 Å². The van der Waals surface area contributed by atoms with Crippen LogP contribution in [0.5, 0.6) is 0 Å². The number of pyridine rings is 1. The number of nitrogens with zero attached hydrogens (tertiary/aromatic N) is 1. The number of aryl methyl sites for hydroxylation is 2. The lowest BCUT2D eigenvalue weighted by Gasteiger charge is -2.07. The Kier molecular flexibility index (Phi) is 4.02. The van der Waals surface area contributed by atoms with Crippen LogP contribution in [-0.4, -0.2) is 10.9 Å². The second-order valence-electron chi connectivity index (χ2n) is 6.31. The van der Waals surface area contributed by atoms with Gasteiger partial charge in [0.15, 0.2) is 0 Å². The second kappa shape index (κ2) is 6.48. The van der Waals surface area contributed by atoms with Crippen molar-refractivity contribution < 1.29 is 9.18 Å². The summed E-state index contributed by atoms with van der Waals surface area (Å²) >= 11 is 0. The molecule has 0 unspecified atom stereocenters. The van der Waals surface area contributed by atoms with Crippen molar-refractivity contribution in [1.29, 1.82) is 0 Å². The van der Waals surface area contributed by atoms with Gasteiger partial charge in [-0.05, 0) is 59.4 Å². The van der Waals surface area contributed by atoms with Crippen LogP contribution in [0.1, 0.15) is 16.7 Å². The number of carbonyl (C=O) groups excluding carboxylic acids is 1. The monoisotopic (exact) mass is 332 g/mol. The van der Waals surface area contributed by atoms with Gasteiger partial charge in [-0.1, -0.05) is 24.3 Å². The summed E-state index contributed by atoms with van der Waals surface area (Å²) in [6.07, 6.45) is 5.68. The number of hydrogen-bond donors (Lipinski definition) is 1. The van der Waals surface area contributed by atoms with Crippen molar-refractivity contribution >= 4 is 11.6 Å². The smallest absolute Gasteiger partial charge is 0.228 e. The van der Waals surface area contributed by atoms with Crippen molar-refractivity contribution in [2.45, 2.75) is 19.3 Å². The third-order valence-corrected chi connectivity index (χ3v) is 4.45. The summed E-state index contributed by atoms with van der Waals surface area (Å²) in [6.45, 7) is 0. The lowest BCUT2D eigenvalue weighted by atomic mass is 10.0. The number of carbonyl (C=O) groups is 1. The molecule has 3 nitrogen and oxygen atoms in total. The lowest BCUT2D eigenvalue weighted by Crippen LogP contribution is -2.03. The summed E-state index contributed by atoms with van der Waals surface area (Å²) in [7, 11) is 0. The summed E-state index contributed by atoms with van der Waals surface area (Å²) in [5, 5.41) is 2.88. The second-order valence-corrected chi connectivity index (χ2v) is 6.31. The van der Waals surface area contributed by atoms with Crippen LogP contribution in [0, 0.1) is 5.82 Å². The molecule has 1 aliphatic rings. The number of fused-ring (bicyclic) bond motifs is 1. The fraction of sp³-hybridized carbons (Fsp3) is 0.143. The first-order chi connectivity index (χ1) is 12.2. The lowest BCUT2D eigenvalue weighted by molar-refractivity contribution is -0.115. The van der Waals surface area contributed by atoms with Crippen LogP contribution in [0.4, 0.5) is 10.1 Å². The summed E-state index contributed by atoms with van der Waals surface area (Å²) in [4.78, 5) is 15.8. The minimum absolute atomic E-state index is 0.0362. The van der Waals surface area contributed by atoms with Crippen molar-refractivity contribution in [1.82, 2.24) is 4.98 Å². The van der Waals surface area contributed by atoms with Crippen LogP contribution in [-0.2, 0) is 24.1 Å². The largest absolute Gasteiger partial charge is 0.326 e. The predicted molar refractivity (Wildman–Crippen MR) is 95.8 cm³/mol. The molecule has 0 radical (unpaired) electrons. The van der Waals surface area contributed by atoms with E-state index in [9.17, 15) is 9.18 Å². The van der Waals surface area contributed by atoms with Crippen LogP contribution in [0.3, 0.4) is 0 Å². The van der Waals surface area contributed by atoms with E-state index in [1.54, 1.807) is 12.1 Å². The van der Waals surface area contributed by atoms with Gasteiger partial charge in [-0.15, -0.1) is 0 Å². The van der Waals surface area contributed by atoms with Crippen molar-refractivity contribution in [3.05, 3.63) is 83.4 Å². The Morgan fingerprint density at radius 1 is 0.960 bits per heavy atom. The first-order valence-electron chi connectivity index (χ1n) is 8.29. The highest BCUT2D eigenvalue weighted by atomic mass is 19.1. The zero-order valence-corrected chi connectivity index (χ0v) is 13.6. The first kappa shape index (κ1) is 15.5. The van der Waals surface area contributed by atoms with Crippen LogP contribution >= 0.6 is 0 Å². The molecule has 124 valence electrons. The highest BCUT2D eigenvalue weighted by molar-refractivity contribution is 5.99. The number of nitrogens with one attached hydrogen (secondary N) is 1. The topological polar surface area (TPSA) is 42.0 Å². The number of benzene rings is 2. The standard InChI is InChI=1S/C21H17FN2O/c22-19-3-1-2-14(9-19)4-5-15-8-18(13-23-12-15)16-6-7-17-11-21(25)24-20(17)10-16/h1-3,6-10,12-13H,4-5,11H2,(H,24,25). The fourth-order valence-electron chi connectivity index (χ4n) is 3.16. The summed E-state index contributed by atoms with van der Waals surface area (Å²) in [6, 6.07) is 14.8. The van der Waals surface area contributed by atoms with Gasteiger partial charge in [0, 0.05) is 23.6 Å². The molecule has 2 heterocycles. The van der Waals surface area contributed by atoms with Crippen LogP contribution in [0.15, 0.2) is 60.9 Å². The molecule has 1 aliphatic heterocycles. The van der Waals surface area contributed by atoms with Gasteiger partial charge in [0.1, 0.15) is 5.82 Å². The van der Waals surface area contributed by atoms with Crippen LogP contribution in [0.2, 0.25) is 0 Å². The Labute approximate surface area is 145 Å². The number of amides is 1. The molecular formula is C21H17FN2O. The number of hydrogen-bond acceptors (Lipinski definition) is 2. The molecule has 0 bridgehead atoms. The molecule has 0 saturated carbocycles. The Balaban J connectivity index is 1.54. The summed E-state index contributed by atoms with van der Waals surface area (Å²) < 4.78 is 13.3. The normalized spacial score (nSPS) is 12.8. The van der Waals surface area contributed by atoms with Gasteiger partial charge >= 0.3 is 0 Å². The van der Waals surface area contributed by atoms with Gasteiger partial charge in [0.05, 0.1) is 6.42 Å². The molecule has 2 aromatic carbocycles. The molecule has 25 heavy (non-hydrogen) atoms. The zero-order valence-electron chi connectivity index (χ0n) is 13.6. The fourth-order valence-corrected chi connectivity index (χ4v) is 3.16. The van der Waals surface area contributed by atoms with E-state index in [1.807, 2.05) is 36.7 Å². The molecule has 1 aromatic heterocycles. The maximum Gasteiger partial charge on any atom is 0.228 e. The van der Waals surface area contributed by atoms with Crippen molar-refractivity contribution in [2.75, 3.05) is 5.32 Å². The van der Waals surface area contributed by atoms with Gasteiger partial charge in [0.2, 0.25) is 5.91 Å². The molecule has 0 aliphatic carbocycles. The Morgan fingerprint density at radius 3 is 2.72 bits per heavy atom. The van der Waals surface area contributed by atoms with E-state index in [-0.39, 0.29) is 11.7 Å². The third-order valence-electron chi connectivity index (χ3n) is 4.45. The molecule has 4 heteroatoms. The predicted octanol–water partition coefficient (Wildman–Crippen LogP) is 4.17. The molecule has 0 atom stereocenters. The number of anilines is 1. The quantitative estimate of drug-likeness (QED) is 0.779. The van der Waals surface area contributed by atoms with Gasteiger partial charge in [-0.3, -0.25) is 9.78 Å². The average Bonchev–Trinajstić information content (AvgIpc) is 2.99. The van der Waals surface area contributed by atoms with Crippen LogP contribution in [0.25, 0.3) is 11.1 Å². The van der Waals surface area contributed by atoms with E-state index in [4.69, 9.17) is 0 Å². The van der Waals surface area contributed by atoms with Gasteiger partial charge in [-0.2, -0.15) is 0 Å². The number of rotatable bonds is 4. The number of aromatic nitrogens is 1. The van der Waals surface area contributed by atoms with E-state index < -0.39 is 0 Å². The SMILES string of the molecule is O=C1Cc2ccc(-c3cncc(CCc4cccc(F)c4)c3)cc2N1. The zero-order chi connectivity index (χ0) is 17.2. The van der Waals surface area contributed by atoms with Gasteiger partial charge in [-0.25, -0.2) is 4.39 Å². The van der Waals surface area contributed by atoms with Crippen molar-refractivity contribution in [3.8, 4) is 11.1 Å². The van der Waals surface area contributed by atoms with E-state index >= 15 is 0 Å². The minimum Gasteiger partial charge on any atom is -0.326 e. The maximum atomic E-state index is 13.3. The molecular weight excluding hydrogens is 315 g/mol. The Bertz CT molecular complexity index is 952. The molecule has 0 fully saturated rings. The van der Waals surface area contributed by atoms with E-state index in [0.29, 0.717) is 6.42 Å². The Morgan fingerprint density at radius 2 is 1.84 bits per heavy atom. The molecule has 1 amide bonds. The third kappa shape index (κ3) is 3.43. The Hall–Kier alpha value is -3.01. The molecule has 0 saturated heterocycles. The minimum atomic E-state index is -0.204. The maximum absolute atomic E-state index is 13.3. The van der Waals surface area contributed by atoms with Crippen molar-refractivity contribution in [2.24, 2.45) is 0 Å². The summed E-state index contributed by atoms with van der Waals surface area (Å²) in [5.41, 5.74) is 6.04. The average molecular weight is 332 g/mol. The van der Waals surface area contributed by atoms with Gasteiger partial charge in [0.25, 0.3) is 0 Å². The molecule has 3 aromatic rings. The van der Waals surface area contributed by atoms with E-state index in [1.165, 1.54) is 6.07 Å². The van der Waals surface area contributed by atoms with Crippen molar-refractivity contribution in [3.63, 3.8) is 0 Å². The highest BCUT2D eigenvalue weighted by Gasteiger charge is 2.17. The molecule has 1 N–H and O–H groups in total. The summed E-state index contributed by atoms with van der Waals surface area (Å²) in [5.74, 6) is -0.168. The molecule has 4 rings (SSSR count). The van der Waals surface area contributed by atoms with Gasteiger partial charge < -0.3 is 5.32 Å². The molecule has 0 spiro atoms. The number of halogens is 1.